The summed E-state index contributed by atoms with van der Waals surface area (Å²) in [4.78, 5) is 12.1. The first kappa shape index (κ1) is 17.1. The molecule has 0 unspecified atom stereocenters. The third-order valence-corrected chi connectivity index (χ3v) is 5.70. The van der Waals surface area contributed by atoms with Crippen LogP contribution >= 0.6 is 11.6 Å². The maximum atomic E-state index is 12.3. The van der Waals surface area contributed by atoms with E-state index in [0.29, 0.717) is 17.0 Å². The first-order valence-electron chi connectivity index (χ1n) is 7.84. The lowest BCUT2D eigenvalue weighted by atomic mass is 10.1. The van der Waals surface area contributed by atoms with Gasteiger partial charge in [-0.3, -0.25) is 4.79 Å². The van der Waals surface area contributed by atoms with Crippen LogP contribution in [-0.2, 0) is 16.4 Å². The highest BCUT2D eigenvalue weighted by atomic mass is 35.5. The molecule has 0 saturated heterocycles. The molecule has 0 aliphatic heterocycles. The third-order valence-electron chi connectivity index (χ3n) is 3.99. The Bertz CT molecular complexity index is 843. The Balaban J connectivity index is 1.61. The summed E-state index contributed by atoms with van der Waals surface area (Å²) in [6, 6.07) is 13.5. The van der Waals surface area contributed by atoms with Crippen molar-refractivity contribution in [3.63, 3.8) is 0 Å². The Labute approximate surface area is 146 Å². The molecule has 2 aromatic rings. The molecular formula is C18H18ClNO3S. The van der Waals surface area contributed by atoms with E-state index in [1.807, 2.05) is 18.2 Å². The van der Waals surface area contributed by atoms with Crippen molar-refractivity contribution in [1.29, 1.82) is 0 Å². The van der Waals surface area contributed by atoms with Crippen LogP contribution in [0.15, 0.2) is 53.4 Å². The summed E-state index contributed by atoms with van der Waals surface area (Å²) in [5.74, 6) is 0.233. The lowest BCUT2D eigenvalue weighted by Crippen LogP contribution is -2.26. The van der Waals surface area contributed by atoms with Gasteiger partial charge in [0.15, 0.2) is 5.78 Å². The van der Waals surface area contributed by atoms with Gasteiger partial charge in [0, 0.05) is 23.0 Å². The molecular weight excluding hydrogens is 346 g/mol. The summed E-state index contributed by atoms with van der Waals surface area (Å²) in [5, 5.41) is 0.631. The molecule has 1 aliphatic carbocycles. The Hall–Kier alpha value is -1.69. The fourth-order valence-electron chi connectivity index (χ4n) is 2.49. The van der Waals surface area contributed by atoms with Crippen LogP contribution in [0.25, 0.3) is 0 Å². The van der Waals surface area contributed by atoms with E-state index in [0.717, 1.165) is 18.4 Å². The van der Waals surface area contributed by atoms with Crippen LogP contribution in [0, 0.1) is 5.92 Å². The van der Waals surface area contributed by atoms with E-state index >= 15 is 0 Å². The third kappa shape index (κ3) is 4.23. The number of halogens is 1. The largest absolute Gasteiger partial charge is 0.294 e. The molecule has 126 valence electrons. The molecule has 2 aromatic carbocycles. The predicted octanol–water partition coefficient (Wildman–Crippen LogP) is 3.45. The van der Waals surface area contributed by atoms with Gasteiger partial charge in [-0.25, -0.2) is 13.1 Å². The van der Waals surface area contributed by atoms with Crippen molar-refractivity contribution < 1.29 is 13.2 Å². The number of sulfonamides is 1. The Morgan fingerprint density at radius 1 is 1.12 bits per heavy atom. The van der Waals surface area contributed by atoms with Gasteiger partial charge < -0.3 is 0 Å². The van der Waals surface area contributed by atoms with Crippen molar-refractivity contribution >= 4 is 27.4 Å². The number of ketones is 1. The van der Waals surface area contributed by atoms with Crippen molar-refractivity contribution in [2.24, 2.45) is 5.92 Å². The molecule has 1 fully saturated rings. The number of carbonyl (C=O) groups excluding carboxylic acids is 1. The number of hydrogen-bond donors (Lipinski definition) is 1. The topological polar surface area (TPSA) is 63.2 Å². The smallest absolute Gasteiger partial charge is 0.240 e. The van der Waals surface area contributed by atoms with E-state index in [4.69, 9.17) is 11.6 Å². The van der Waals surface area contributed by atoms with Crippen LogP contribution in [0.3, 0.4) is 0 Å². The summed E-state index contributed by atoms with van der Waals surface area (Å²) in [5.41, 5.74) is 1.55. The standard InChI is InChI=1S/C18H18ClNO3S/c19-16-3-1-2-13(12-16)10-11-20-24(22,23)17-8-6-15(7-9-17)18(21)14-4-5-14/h1-3,6-9,12,14,20H,4-5,10-11H2. The summed E-state index contributed by atoms with van der Waals surface area (Å²) < 4.78 is 27.2. The highest BCUT2D eigenvalue weighted by Gasteiger charge is 2.30. The second-order valence-electron chi connectivity index (χ2n) is 5.94. The fraction of sp³-hybridized carbons (Fsp3) is 0.278. The second kappa shape index (κ2) is 7.05. The highest BCUT2D eigenvalue weighted by Crippen LogP contribution is 2.32. The number of carbonyl (C=O) groups is 1. The van der Waals surface area contributed by atoms with Gasteiger partial charge in [-0.15, -0.1) is 0 Å². The van der Waals surface area contributed by atoms with Gasteiger partial charge in [-0.2, -0.15) is 0 Å². The summed E-state index contributed by atoms with van der Waals surface area (Å²) in [6.45, 7) is 0.283. The number of hydrogen-bond acceptors (Lipinski definition) is 3. The average molecular weight is 364 g/mol. The monoisotopic (exact) mass is 363 g/mol. The van der Waals surface area contributed by atoms with Crippen LogP contribution in [-0.4, -0.2) is 20.7 Å². The van der Waals surface area contributed by atoms with Crippen LogP contribution in [0.4, 0.5) is 0 Å². The minimum absolute atomic E-state index is 0.105. The summed E-state index contributed by atoms with van der Waals surface area (Å²) in [6.07, 6.45) is 2.42. The van der Waals surface area contributed by atoms with Crippen LogP contribution in [0.5, 0.6) is 0 Å². The highest BCUT2D eigenvalue weighted by molar-refractivity contribution is 7.89. The van der Waals surface area contributed by atoms with Gasteiger partial charge in [0.2, 0.25) is 10.0 Å². The molecule has 0 atom stereocenters. The minimum atomic E-state index is -3.58. The molecule has 3 rings (SSSR count). The molecule has 0 aromatic heterocycles. The lowest BCUT2D eigenvalue weighted by molar-refractivity contribution is 0.0967. The first-order chi connectivity index (χ1) is 11.5. The number of nitrogens with one attached hydrogen (secondary N) is 1. The molecule has 1 aliphatic rings. The maximum Gasteiger partial charge on any atom is 0.240 e. The van der Waals surface area contributed by atoms with Gasteiger partial charge in [0.1, 0.15) is 0 Å². The van der Waals surface area contributed by atoms with Crippen LogP contribution in [0.2, 0.25) is 5.02 Å². The van der Waals surface area contributed by atoms with E-state index < -0.39 is 10.0 Å². The molecule has 0 heterocycles. The van der Waals surface area contributed by atoms with Crippen LogP contribution < -0.4 is 4.72 Å². The fourth-order valence-corrected chi connectivity index (χ4v) is 3.73. The number of benzene rings is 2. The van der Waals surface area contributed by atoms with Crippen molar-refractivity contribution in [1.82, 2.24) is 4.72 Å². The van der Waals surface area contributed by atoms with E-state index in [1.165, 1.54) is 12.1 Å². The molecule has 1 saturated carbocycles. The SMILES string of the molecule is O=C(c1ccc(S(=O)(=O)NCCc2cccc(Cl)c2)cc1)C1CC1. The molecule has 4 nitrogen and oxygen atoms in total. The molecule has 1 N–H and O–H groups in total. The van der Waals surface area contributed by atoms with E-state index in [-0.39, 0.29) is 23.1 Å². The van der Waals surface area contributed by atoms with Gasteiger partial charge in [-0.1, -0.05) is 35.9 Å². The summed E-state index contributed by atoms with van der Waals surface area (Å²) >= 11 is 5.91. The average Bonchev–Trinajstić information content (AvgIpc) is 3.39. The predicted molar refractivity (Wildman–Crippen MR) is 93.8 cm³/mol. The number of Topliss-reactive ketones (excluding diaryl/α,β-unsaturated/α-hetero) is 1. The van der Waals surface area contributed by atoms with Crippen molar-refractivity contribution in [3.05, 3.63) is 64.7 Å². The first-order valence-corrected chi connectivity index (χ1v) is 9.70. The van der Waals surface area contributed by atoms with Gasteiger partial charge >= 0.3 is 0 Å². The maximum absolute atomic E-state index is 12.3. The Morgan fingerprint density at radius 2 is 1.83 bits per heavy atom. The zero-order valence-electron chi connectivity index (χ0n) is 13.0. The van der Waals surface area contributed by atoms with Gasteiger partial charge in [0.05, 0.1) is 4.90 Å². The van der Waals surface area contributed by atoms with Gasteiger partial charge in [0.25, 0.3) is 0 Å². The zero-order valence-corrected chi connectivity index (χ0v) is 14.6. The van der Waals surface area contributed by atoms with Gasteiger partial charge in [-0.05, 0) is 49.1 Å². The summed E-state index contributed by atoms with van der Waals surface area (Å²) in [7, 11) is -3.58. The van der Waals surface area contributed by atoms with Crippen molar-refractivity contribution in [2.45, 2.75) is 24.2 Å². The van der Waals surface area contributed by atoms with Crippen molar-refractivity contribution in [2.75, 3.05) is 6.54 Å². The van der Waals surface area contributed by atoms with Crippen molar-refractivity contribution in [3.8, 4) is 0 Å². The molecule has 24 heavy (non-hydrogen) atoms. The quantitative estimate of drug-likeness (QED) is 0.766. The Morgan fingerprint density at radius 3 is 2.46 bits per heavy atom. The van der Waals surface area contributed by atoms with E-state index in [9.17, 15) is 13.2 Å². The molecule has 0 amide bonds. The molecule has 0 radical (unpaired) electrons. The molecule has 0 spiro atoms. The lowest BCUT2D eigenvalue weighted by Gasteiger charge is -2.08. The van der Waals surface area contributed by atoms with E-state index in [2.05, 4.69) is 4.72 Å². The molecule has 6 heteroatoms. The minimum Gasteiger partial charge on any atom is -0.294 e. The van der Waals surface area contributed by atoms with E-state index in [1.54, 1.807) is 18.2 Å². The number of rotatable bonds is 7. The molecule has 0 bridgehead atoms. The van der Waals surface area contributed by atoms with Crippen LogP contribution in [0.1, 0.15) is 28.8 Å². The normalized spacial score (nSPS) is 14.5. The zero-order chi connectivity index (χ0) is 17.2. The Kier molecular flexibility index (Phi) is 5.04. The second-order valence-corrected chi connectivity index (χ2v) is 8.14.